The van der Waals surface area contributed by atoms with Gasteiger partial charge in [-0.1, -0.05) is 42.8 Å². The largest absolute Gasteiger partial charge is 0.479 e. The quantitative estimate of drug-likeness (QED) is 0.875. The minimum atomic E-state index is -1.37. The Balaban J connectivity index is 2.36. The maximum absolute atomic E-state index is 12.5. The fourth-order valence-corrected chi connectivity index (χ4v) is 2.89. The zero-order valence-electron chi connectivity index (χ0n) is 12.5. The number of hydrogen-bond donors (Lipinski definition) is 2. The minimum absolute atomic E-state index is 0.252. The molecule has 1 amide bonds. The maximum Gasteiger partial charge on any atom is 0.334 e. The number of benzene rings is 1. The van der Waals surface area contributed by atoms with Crippen LogP contribution in [0.4, 0.5) is 0 Å². The number of carbonyl (C=O) groups excluding carboxylic acids is 1. The zero-order valence-corrected chi connectivity index (χ0v) is 12.5. The van der Waals surface area contributed by atoms with Gasteiger partial charge in [0.05, 0.1) is 0 Å². The van der Waals surface area contributed by atoms with E-state index in [0.717, 1.165) is 30.4 Å². The molecule has 2 N–H and O–H groups in total. The molecule has 0 bridgehead atoms. The number of rotatable bonds is 5. The Morgan fingerprint density at radius 2 is 1.90 bits per heavy atom. The first kappa shape index (κ1) is 15.3. The molecule has 0 fully saturated rings. The smallest absolute Gasteiger partial charge is 0.334 e. The van der Waals surface area contributed by atoms with Crippen molar-refractivity contribution in [3.63, 3.8) is 0 Å². The van der Waals surface area contributed by atoms with Crippen LogP contribution >= 0.6 is 0 Å². The molecule has 0 aliphatic heterocycles. The number of amides is 1. The highest BCUT2D eigenvalue weighted by Crippen LogP contribution is 2.29. The molecule has 1 aliphatic rings. The first-order valence-corrected chi connectivity index (χ1v) is 7.31. The van der Waals surface area contributed by atoms with Crippen LogP contribution in [-0.4, -0.2) is 17.0 Å². The molecule has 1 aromatic rings. The summed E-state index contributed by atoms with van der Waals surface area (Å²) in [4.78, 5) is 24.3. The summed E-state index contributed by atoms with van der Waals surface area (Å²) in [6.07, 6.45) is 2.91. The fourth-order valence-electron chi connectivity index (χ4n) is 2.89. The molecule has 4 heteroatoms. The summed E-state index contributed by atoms with van der Waals surface area (Å²) >= 11 is 0. The molecule has 21 heavy (non-hydrogen) atoms. The van der Waals surface area contributed by atoms with Crippen molar-refractivity contribution in [3.05, 3.63) is 47.0 Å². The Morgan fingerprint density at radius 1 is 1.24 bits per heavy atom. The lowest BCUT2D eigenvalue weighted by atomic mass is 9.86. The van der Waals surface area contributed by atoms with Crippen molar-refractivity contribution >= 4 is 11.9 Å². The van der Waals surface area contributed by atoms with Gasteiger partial charge in [0.25, 0.3) is 0 Å². The number of hydrogen-bond acceptors (Lipinski definition) is 2. The minimum Gasteiger partial charge on any atom is -0.479 e. The van der Waals surface area contributed by atoms with Crippen LogP contribution in [0.2, 0.25) is 0 Å². The van der Waals surface area contributed by atoms with Crippen LogP contribution in [-0.2, 0) is 15.1 Å². The van der Waals surface area contributed by atoms with Crippen LogP contribution < -0.4 is 5.32 Å². The highest BCUT2D eigenvalue weighted by atomic mass is 16.4. The molecule has 2 rings (SSSR count). The van der Waals surface area contributed by atoms with Gasteiger partial charge in [-0.15, -0.1) is 0 Å². The first-order valence-electron chi connectivity index (χ1n) is 7.31. The molecule has 0 saturated heterocycles. The number of carbonyl (C=O) groups is 2. The lowest BCUT2D eigenvalue weighted by molar-refractivity contribution is -0.148. The van der Waals surface area contributed by atoms with Gasteiger partial charge in [0.15, 0.2) is 5.54 Å². The van der Waals surface area contributed by atoms with Crippen molar-refractivity contribution in [2.24, 2.45) is 0 Å². The third-order valence-electron chi connectivity index (χ3n) is 4.26. The summed E-state index contributed by atoms with van der Waals surface area (Å²) in [5.41, 5.74) is 1.04. The molecule has 0 aromatic heterocycles. The summed E-state index contributed by atoms with van der Waals surface area (Å²) in [5, 5.41) is 12.5. The Bertz CT molecular complexity index is 577. The lowest BCUT2D eigenvalue weighted by Crippen LogP contribution is -2.51. The molecule has 1 aliphatic carbocycles. The van der Waals surface area contributed by atoms with E-state index in [2.05, 4.69) is 5.32 Å². The fraction of sp³-hybridized carbons (Fsp3) is 0.412. The second-order valence-electron chi connectivity index (χ2n) is 5.50. The van der Waals surface area contributed by atoms with Gasteiger partial charge >= 0.3 is 5.97 Å². The molecular weight excluding hydrogens is 266 g/mol. The van der Waals surface area contributed by atoms with Crippen molar-refractivity contribution in [2.75, 3.05) is 0 Å². The van der Waals surface area contributed by atoms with E-state index in [1.807, 2.05) is 13.0 Å². The van der Waals surface area contributed by atoms with E-state index >= 15 is 0 Å². The second kappa shape index (κ2) is 6.12. The lowest BCUT2D eigenvalue weighted by Gasteiger charge is -2.30. The third kappa shape index (κ3) is 2.84. The SMILES string of the molecule is CCC(NC(=O)C1=C(C)CCC1)(C(=O)O)c1ccccc1. The number of carboxylic acids is 1. The Morgan fingerprint density at radius 3 is 2.38 bits per heavy atom. The summed E-state index contributed by atoms with van der Waals surface area (Å²) < 4.78 is 0. The second-order valence-corrected chi connectivity index (χ2v) is 5.50. The van der Waals surface area contributed by atoms with Crippen molar-refractivity contribution < 1.29 is 14.7 Å². The van der Waals surface area contributed by atoms with Crippen LogP contribution in [0.5, 0.6) is 0 Å². The van der Waals surface area contributed by atoms with Crippen molar-refractivity contribution in [3.8, 4) is 0 Å². The molecular formula is C17H21NO3. The van der Waals surface area contributed by atoms with E-state index in [0.29, 0.717) is 12.0 Å². The normalized spacial score (nSPS) is 17.4. The van der Waals surface area contributed by atoms with Gasteiger partial charge in [0, 0.05) is 5.57 Å². The highest BCUT2D eigenvalue weighted by Gasteiger charge is 2.41. The Labute approximate surface area is 124 Å². The molecule has 0 radical (unpaired) electrons. The zero-order chi connectivity index (χ0) is 15.5. The average Bonchev–Trinajstić information content (AvgIpc) is 2.91. The van der Waals surface area contributed by atoms with Gasteiger partial charge in [-0.05, 0) is 38.2 Å². The monoisotopic (exact) mass is 287 g/mol. The molecule has 1 atom stereocenters. The van der Waals surface area contributed by atoms with Gasteiger partial charge < -0.3 is 10.4 Å². The van der Waals surface area contributed by atoms with Crippen molar-refractivity contribution in [1.82, 2.24) is 5.32 Å². The number of nitrogens with one attached hydrogen (secondary N) is 1. The molecule has 0 saturated carbocycles. The number of aliphatic carboxylic acids is 1. The molecule has 112 valence electrons. The predicted octanol–water partition coefficient (Wildman–Crippen LogP) is 2.99. The van der Waals surface area contributed by atoms with Gasteiger partial charge in [-0.2, -0.15) is 0 Å². The van der Waals surface area contributed by atoms with E-state index in [4.69, 9.17) is 0 Å². The van der Waals surface area contributed by atoms with Crippen LogP contribution in [0.1, 0.15) is 45.1 Å². The highest BCUT2D eigenvalue weighted by molar-refractivity contribution is 5.98. The van der Waals surface area contributed by atoms with Crippen LogP contribution in [0.3, 0.4) is 0 Å². The summed E-state index contributed by atoms with van der Waals surface area (Å²) in [7, 11) is 0. The van der Waals surface area contributed by atoms with E-state index < -0.39 is 11.5 Å². The van der Waals surface area contributed by atoms with Gasteiger partial charge in [-0.3, -0.25) is 4.79 Å². The topological polar surface area (TPSA) is 66.4 Å². The van der Waals surface area contributed by atoms with Crippen LogP contribution in [0.25, 0.3) is 0 Å². The van der Waals surface area contributed by atoms with Gasteiger partial charge in [0.2, 0.25) is 5.91 Å². The van der Waals surface area contributed by atoms with E-state index in [1.54, 1.807) is 31.2 Å². The van der Waals surface area contributed by atoms with Crippen molar-refractivity contribution in [2.45, 2.75) is 45.1 Å². The predicted molar refractivity (Wildman–Crippen MR) is 80.7 cm³/mol. The first-order chi connectivity index (χ1) is 10.0. The van der Waals surface area contributed by atoms with Gasteiger partial charge in [0.1, 0.15) is 0 Å². The Hall–Kier alpha value is -2.10. The van der Waals surface area contributed by atoms with E-state index in [-0.39, 0.29) is 5.91 Å². The van der Waals surface area contributed by atoms with E-state index in [1.165, 1.54) is 0 Å². The molecule has 0 heterocycles. The van der Waals surface area contributed by atoms with Crippen LogP contribution in [0.15, 0.2) is 41.5 Å². The number of carboxylic acid groups (broad SMARTS) is 1. The number of allylic oxidation sites excluding steroid dienone is 1. The summed E-state index contributed by atoms with van der Waals surface area (Å²) in [6, 6.07) is 8.89. The molecule has 0 spiro atoms. The third-order valence-corrected chi connectivity index (χ3v) is 4.26. The standard InChI is InChI=1S/C17H21NO3/c1-3-17(16(20)21,13-9-5-4-6-10-13)18-15(19)14-11-7-8-12(14)2/h4-6,9-10H,3,7-8,11H2,1-2H3,(H,18,19)(H,20,21). The Kier molecular flexibility index (Phi) is 4.46. The molecule has 1 unspecified atom stereocenters. The maximum atomic E-state index is 12.5. The average molecular weight is 287 g/mol. The molecule has 4 nitrogen and oxygen atoms in total. The van der Waals surface area contributed by atoms with Crippen LogP contribution in [0, 0.1) is 0 Å². The van der Waals surface area contributed by atoms with E-state index in [9.17, 15) is 14.7 Å². The summed E-state index contributed by atoms with van der Waals surface area (Å²) in [6.45, 7) is 3.72. The summed E-state index contributed by atoms with van der Waals surface area (Å²) in [5.74, 6) is -1.28. The van der Waals surface area contributed by atoms with Gasteiger partial charge in [-0.25, -0.2) is 4.79 Å². The van der Waals surface area contributed by atoms with Crippen molar-refractivity contribution in [1.29, 1.82) is 0 Å². The molecule has 1 aromatic carbocycles.